The van der Waals surface area contributed by atoms with Crippen molar-refractivity contribution >= 4 is 39.1 Å². The van der Waals surface area contributed by atoms with Gasteiger partial charge in [-0.05, 0) is 72.5 Å². The summed E-state index contributed by atoms with van der Waals surface area (Å²) in [5.74, 6) is -0.190. The Kier molecular flexibility index (Phi) is 11.0. The average molecular weight is 660 g/mol. The van der Waals surface area contributed by atoms with Crippen LogP contribution in [0.4, 0.5) is 5.69 Å². The molecule has 2 amide bonds. The van der Waals surface area contributed by atoms with Gasteiger partial charge in [-0.15, -0.1) is 0 Å². The number of hydrogen-bond donors (Lipinski definition) is 1. The summed E-state index contributed by atoms with van der Waals surface area (Å²) in [6.45, 7) is -0.476. The van der Waals surface area contributed by atoms with Crippen LogP contribution in [0.25, 0.3) is 0 Å². The van der Waals surface area contributed by atoms with Crippen LogP contribution in [-0.2, 0) is 32.6 Å². The van der Waals surface area contributed by atoms with E-state index >= 15 is 0 Å². The molecule has 46 heavy (non-hydrogen) atoms. The van der Waals surface area contributed by atoms with E-state index in [9.17, 15) is 18.0 Å². The van der Waals surface area contributed by atoms with E-state index in [4.69, 9.17) is 16.3 Å². The number of carbonyl (C=O) groups is 2. The molecular weight excluding hydrogens is 622 g/mol. The normalized spacial score (nSPS) is 14.0. The number of anilines is 1. The predicted octanol–water partition coefficient (Wildman–Crippen LogP) is 6.24. The van der Waals surface area contributed by atoms with Crippen LogP contribution in [0.2, 0.25) is 5.02 Å². The Labute approximate surface area is 276 Å². The van der Waals surface area contributed by atoms with Gasteiger partial charge in [0.05, 0.1) is 17.7 Å². The van der Waals surface area contributed by atoms with Crippen molar-refractivity contribution in [2.75, 3.05) is 18.0 Å². The summed E-state index contributed by atoms with van der Waals surface area (Å²) in [6, 6.07) is 30.2. The van der Waals surface area contributed by atoms with E-state index in [0.29, 0.717) is 10.8 Å². The maximum Gasteiger partial charge on any atom is 0.264 e. The largest absolute Gasteiger partial charge is 0.497 e. The van der Waals surface area contributed by atoms with Gasteiger partial charge in [0.2, 0.25) is 11.8 Å². The van der Waals surface area contributed by atoms with Crippen molar-refractivity contribution in [1.82, 2.24) is 10.2 Å². The molecule has 1 atom stereocenters. The number of rotatable bonds is 13. The van der Waals surface area contributed by atoms with Crippen molar-refractivity contribution in [2.45, 2.75) is 55.6 Å². The minimum absolute atomic E-state index is 0.0311. The topological polar surface area (TPSA) is 96.0 Å². The molecule has 0 bridgehead atoms. The molecule has 1 saturated carbocycles. The molecule has 1 unspecified atom stereocenters. The number of hydrogen-bond acceptors (Lipinski definition) is 5. The minimum atomic E-state index is -4.18. The molecule has 4 aromatic rings. The number of amides is 2. The first-order valence-electron chi connectivity index (χ1n) is 15.3. The van der Waals surface area contributed by atoms with E-state index in [0.717, 1.165) is 41.1 Å². The maximum absolute atomic E-state index is 14.6. The predicted molar refractivity (Wildman–Crippen MR) is 180 cm³/mol. The van der Waals surface area contributed by atoms with Crippen molar-refractivity contribution in [3.05, 3.63) is 125 Å². The molecule has 1 fully saturated rings. The molecule has 0 radical (unpaired) electrons. The Balaban J connectivity index is 1.56. The minimum Gasteiger partial charge on any atom is -0.497 e. The Morgan fingerprint density at radius 2 is 1.50 bits per heavy atom. The molecule has 0 aromatic heterocycles. The summed E-state index contributed by atoms with van der Waals surface area (Å²) in [7, 11) is -2.62. The van der Waals surface area contributed by atoms with E-state index in [-0.39, 0.29) is 35.5 Å². The fraction of sp³-hybridized carbons (Fsp3) is 0.278. The number of nitrogens with one attached hydrogen (secondary N) is 1. The molecule has 1 aliphatic carbocycles. The molecule has 0 saturated heterocycles. The van der Waals surface area contributed by atoms with E-state index in [1.807, 2.05) is 48.5 Å². The van der Waals surface area contributed by atoms with Crippen LogP contribution in [0.3, 0.4) is 0 Å². The number of carbonyl (C=O) groups excluding carboxylic acids is 2. The van der Waals surface area contributed by atoms with Crippen LogP contribution >= 0.6 is 11.6 Å². The molecule has 5 rings (SSSR count). The molecular formula is C36H38ClN3O5S. The van der Waals surface area contributed by atoms with Gasteiger partial charge in [-0.3, -0.25) is 13.9 Å². The highest BCUT2D eigenvalue weighted by Crippen LogP contribution is 2.27. The molecule has 8 nitrogen and oxygen atoms in total. The molecule has 1 N–H and O–H groups in total. The zero-order chi connectivity index (χ0) is 32.5. The SMILES string of the molecule is COc1cccc(CN(C(=O)CN(c2ccc(Cl)cc2)S(=O)(=O)c2ccccc2)C(Cc2ccccc2)C(=O)NC2CCCC2)c1. The second-order valence-electron chi connectivity index (χ2n) is 11.4. The third kappa shape index (κ3) is 8.27. The highest BCUT2D eigenvalue weighted by molar-refractivity contribution is 7.92. The molecule has 0 aliphatic heterocycles. The number of sulfonamides is 1. The van der Waals surface area contributed by atoms with Crippen LogP contribution in [0.5, 0.6) is 5.75 Å². The lowest BCUT2D eigenvalue weighted by atomic mass is 10.0. The third-order valence-electron chi connectivity index (χ3n) is 8.18. The van der Waals surface area contributed by atoms with E-state index < -0.39 is 28.5 Å². The molecule has 1 aliphatic rings. The number of ether oxygens (including phenoxy) is 1. The lowest BCUT2D eigenvalue weighted by Crippen LogP contribution is -2.54. The summed E-state index contributed by atoms with van der Waals surface area (Å²) < 4.78 is 34.6. The van der Waals surface area contributed by atoms with Gasteiger partial charge in [-0.1, -0.05) is 85.1 Å². The number of halogens is 1. The molecule has 0 heterocycles. The quantitative estimate of drug-likeness (QED) is 0.183. The van der Waals surface area contributed by atoms with E-state index in [1.54, 1.807) is 55.6 Å². The Morgan fingerprint density at radius 3 is 2.15 bits per heavy atom. The maximum atomic E-state index is 14.6. The highest BCUT2D eigenvalue weighted by Gasteiger charge is 2.35. The van der Waals surface area contributed by atoms with Crippen LogP contribution in [0, 0.1) is 0 Å². The van der Waals surface area contributed by atoms with Gasteiger partial charge in [0.15, 0.2) is 0 Å². The lowest BCUT2D eigenvalue weighted by molar-refractivity contribution is -0.140. The van der Waals surface area contributed by atoms with Gasteiger partial charge in [0.25, 0.3) is 10.0 Å². The van der Waals surface area contributed by atoms with Crippen LogP contribution in [0.15, 0.2) is 114 Å². The van der Waals surface area contributed by atoms with Crippen molar-refractivity contribution in [1.29, 1.82) is 0 Å². The molecule has 10 heteroatoms. The van der Waals surface area contributed by atoms with Gasteiger partial charge < -0.3 is 15.0 Å². The first kappa shape index (κ1) is 33.0. The third-order valence-corrected chi connectivity index (χ3v) is 10.2. The number of nitrogens with zero attached hydrogens (tertiary/aromatic N) is 2. The average Bonchev–Trinajstić information content (AvgIpc) is 3.59. The van der Waals surface area contributed by atoms with Gasteiger partial charge in [-0.2, -0.15) is 0 Å². The van der Waals surface area contributed by atoms with Gasteiger partial charge >= 0.3 is 0 Å². The van der Waals surface area contributed by atoms with Crippen LogP contribution in [-0.4, -0.2) is 50.9 Å². The van der Waals surface area contributed by atoms with Crippen molar-refractivity contribution in [3.63, 3.8) is 0 Å². The summed E-state index contributed by atoms with van der Waals surface area (Å²) in [5, 5.41) is 3.62. The van der Waals surface area contributed by atoms with Gasteiger partial charge in [-0.25, -0.2) is 8.42 Å². The molecule has 0 spiro atoms. The first-order chi connectivity index (χ1) is 22.2. The standard InChI is InChI=1S/C36H38ClN3O5S/c1-45-32-16-10-13-28(23-32)25-39(34(24-27-11-4-2-5-12-27)36(42)38-30-14-8-9-15-30)35(41)26-40(31-21-19-29(37)20-22-31)46(43,44)33-17-6-3-7-18-33/h2-7,10-13,16-23,30,34H,8-9,14-15,24-26H2,1H3,(H,38,42). The fourth-order valence-corrected chi connectivity index (χ4v) is 7.31. The fourth-order valence-electron chi connectivity index (χ4n) is 5.74. The van der Waals surface area contributed by atoms with Crippen molar-refractivity contribution in [3.8, 4) is 5.75 Å². The van der Waals surface area contributed by atoms with Crippen LogP contribution < -0.4 is 14.4 Å². The Bertz CT molecular complexity index is 1710. The second-order valence-corrected chi connectivity index (χ2v) is 13.7. The monoisotopic (exact) mass is 659 g/mol. The smallest absolute Gasteiger partial charge is 0.264 e. The van der Waals surface area contributed by atoms with Crippen molar-refractivity contribution in [2.24, 2.45) is 0 Å². The second kappa shape index (κ2) is 15.3. The summed E-state index contributed by atoms with van der Waals surface area (Å²) >= 11 is 6.14. The number of benzene rings is 4. The van der Waals surface area contributed by atoms with Gasteiger partial charge in [0.1, 0.15) is 18.3 Å². The zero-order valence-corrected chi connectivity index (χ0v) is 27.3. The Hall–Kier alpha value is -4.34. The van der Waals surface area contributed by atoms with Crippen LogP contribution in [0.1, 0.15) is 36.8 Å². The Morgan fingerprint density at radius 1 is 0.870 bits per heavy atom. The van der Waals surface area contributed by atoms with Gasteiger partial charge in [0, 0.05) is 24.0 Å². The zero-order valence-electron chi connectivity index (χ0n) is 25.7. The number of methoxy groups -OCH3 is 1. The highest BCUT2D eigenvalue weighted by atomic mass is 35.5. The summed E-state index contributed by atoms with van der Waals surface area (Å²) in [5.41, 5.74) is 1.89. The first-order valence-corrected chi connectivity index (χ1v) is 17.2. The summed E-state index contributed by atoms with van der Waals surface area (Å²) in [6.07, 6.45) is 4.09. The molecule has 4 aromatic carbocycles. The summed E-state index contributed by atoms with van der Waals surface area (Å²) in [4.78, 5) is 30.2. The molecule has 240 valence electrons. The van der Waals surface area contributed by atoms with E-state index in [1.165, 1.54) is 17.0 Å². The van der Waals surface area contributed by atoms with Crippen molar-refractivity contribution < 1.29 is 22.7 Å². The van der Waals surface area contributed by atoms with E-state index in [2.05, 4.69) is 5.32 Å². The lowest BCUT2D eigenvalue weighted by Gasteiger charge is -2.34.